The molecule has 0 bridgehead atoms. The first-order valence-corrected chi connectivity index (χ1v) is 12.5. The summed E-state index contributed by atoms with van der Waals surface area (Å²) in [7, 11) is 0. The minimum Gasteiger partial charge on any atom is -0.397 e. The third-order valence-corrected chi connectivity index (χ3v) is 8.75. The average Bonchev–Trinajstić information content (AvgIpc) is 3.13. The third kappa shape index (κ3) is 3.61. The lowest BCUT2D eigenvalue weighted by Gasteiger charge is -2.20. The molecule has 0 fully saturated rings. The van der Waals surface area contributed by atoms with E-state index in [4.69, 9.17) is 16.5 Å². The highest BCUT2D eigenvalue weighted by molar-refractivity contribution is 7.21. The molecule has 0 aromatic carbocycles. The zero-order valence-electron chi connectivity index (χ0n) is 17.5. The molecular formula is C23H26N4O2S2. The van der Waals surface area contributed by atoms with E-state index in [0.717, 1.165) is 77.7 Å². The fraction of sp³-hybridized carbons (Fsp3) is 0.435. The van der Waals surface area contributed by atoms with Crippen LogP contribution in [0, 0.1) is 5.92 Å². The second-order valence-corrected chi connectivity index (χ2v) is 10.8. The maximum absolute atomic E-state index is 13.2. The van der Waals surface area contributed by atoms with Crippen LogP contribution in [-0.4, -0.2) is 16.8 Å². The fourth-order valence-electron chi connectivity index (χ4n) is 4.79. The van der Waals surface area contributed by atoms with Crippen LogP contribution in [0.2, 0.25) is 0 Å². The number of thiophene rings is 2. The van der Waals surface area contributed by atoms with Gasteiger partial charge in [-0.3, -0.25) is 9.59 Å². The van der Waals surface area contributed by atoms with Crippen molar-refractivity contribution in [3.05, 3.63) is 38.2 Å². The standard InChI is InChI=1S/C23H26N4O2S2/c1-11-7-8-15-12(9-11)10-14-18(24)19(31-22(14)26-15)21(29)27-23-17(20(25)28)13-5-3-2-4-6-16(13)30-23/h10-11H,2-9,24H2,1H3,(H2,25,28)(H,27,29). The topological polar surface area (TPSA) is 111 Å². The smallest absolute Gasteiger partial charge is 0.268 e. The highest BCUT2D eigenvalue weighted by Crippen LogP contribution is 2.40. The van der Waals surface area contributed by atoms with Crippen LogP contribution in [-0.2, 0) is 25.7 Å². The number of aromatic nitrogens is 1. The minimum atomic E-state index is -0.484. The Balaban J connectivity index is 1.50. The number of nitrogen functional groups attached to an aromatic ring is 1. The Morgan fingerprint density at radius 3 is 2.77 bits per heavy atom. The highest BCUT2D eigenvalue weighted by atomic mass is 32.1. The summed E-state index contributed by atoms with van der Waals surface area (Å²) in [6.07, 6.45) is 8.14. The van der Waals surface area contributed by atoms with Crippen LogP contribution in [0.5, 0.6) is 0 Å². The van der Waals surface area contributed by atoms with Gasteiger partial charge in [0.2, 0.25) is 0 Å². The van der Waals surface area contributed by atoms with E-state index in [0.29, 0.717) is 27.0 Å². The Bertz CT molecular complexity index is 1210. The lowest BCUT2D eigenvalue weighted by atomic mass is 9.87. The van der Waals surface area contributed by atoms with Crippen molar-refractivity contribution in [3.63, 3.8) is 0 Å². The number of carbonyl (C=O) groups is 2. The van der Waals surface area contributed by atoms with E-state index in [1.54, 1.807) is 0 Å². The van der Waals surface area contributed by atoms with Crippen LogP contribution in [0.3, 0.4) is 0 Å². The minimum absolute atomic E-state index is 0.300. The summed E-state index contributed by atoms with van der Waals surface area (Å²) in [5.74, 6) is -0.149. The molecule has 2 aliphatic rings. The van der Waals surface area contributed by atoms with Crippen molar-refractivity contribution in [2.75, 3.05) is 11.1 Å². The van der Waals surface area contributed by atoms with Crippen LogP contribution >= 0.6 is 22.7 Å². The molecular weight excluding hydrogens is 428 g/mol. The second-order valence-electron chi connectivity index (χ2n) is 8.73. The third-order valence-electron chi connectivity index (χ3n) is 6.43. The molecule has 2 amide bonds. The number of rotatable bonds is 3. The predicted molar refractivity (Wildman–Crippen MR) is 127 cm³/mol. The molecule has 3 aromatic heterocycles. The molecule has 1 unspecified atom stereocenters. The van der Waals surface area contributed by atoms with Gasteiger partial charge in [-0.25, -0.2) is 4.98 Å². The van der Waals surface area contributed by atoms with Gasteiger partial charge in [-0.2, -0.15) is 0 Å². The Labute approximate surface area is 189 Å². The number of nitrogens with two attached hydrogens (primary N) is 2. The van der Waals surface area contributed by atoms with Crippen molar-refractivity contribution < 1.29 is 9.59 Å². The highest BCUT2D eigenvalue weighted by Gasteiger charge is 2.27. The number of primary amides is 1. The van der Waals surface area contributed by atoms with E-state index in [1.807, 2.05) is 0 Å². The molecule has 0 radical (unpaired) electrons. The van der Waals surface area contributed by atoms with Crippen LogP contribution in [0.1, 0.15) is 74.3 Å². The van der Waals surface area contributed by atoms with Gasteiger partial charge in [-0.1, -0.05) is 13.3 Å². The number of aryl methyl sites for hydroxylation is 2. The van der Waals surface area contributed by atoms with Crippen molar-refractivity contribution in [2.24, 2.45) is 11.7 Å². The summed E-state index contributed by atoms with van der Waals surface area (Å²) in [5.41, 5.74) is 16.4. The van der Waals surface area contributed by atoms with Crippen LogP contribution in [0.4, 0.5) is 10.7 Å². The van der Waals surface area contributed by atoms with Crippen LogP contribution in [0.15, 0.2) is 6.07 Å². The van der Waals surface area contributed by atoms with Crippen molar-refractivity contribution >= 4 is 55.4 Å². The van der Waals surface area contributed by atoms with Gasteiger partial charge in [-0.05, 0) is 68.1 Å². The molecule has 0 saturated carbocycles. The monoisotopic (exact) mass is 454 g/mol. The Hall–Kier alpha value is -2.45. The van der Waals surface area contributed by atoms with Crippen molar-refractivity contribution in [1.29, 1.82) is 0 Å². The van der Waals surface area contributed by atoms with Gasteiger partial charge in [0.25, 0.3) is 11.8 Å². The van der Waals surface area contributed by atoms with E-state index >= 15 is 0 Å². The molecule has 0 saturated heterocycles. The number of fused-ring (bicyclic) bond motifs is 3. The average molecular weight is 455 g/mol. The number of nitrogens with one attached hydrogen (secondary N) is 1. The second kappa shape index (κ2) is 7.91. The van der Waals surface area contributed by atoms with E-state index in [2.05, 4.69) is 18.3 Å². The first-order valence-electron chi connectivity index (χ1n) is 10.9. The lowest BCUT2D eigenvalue weighted by Crippen LogP contribution is -2.18. The molecule has 162 valence electrons. The van der Waals surface area contributed by atoms with Gasteiger partial charge in [0, 0.05) is 16.0 Å². The van der Waals surface area contributed by atoms with Crippen LogP contribution < -0.4 is 16.8 Å². The van der Waals surface area contributed by atoms with Crippen LogP contribution in [0.25, 0.3) is 10.2 Å². The lowest BCUT2D eigenvalue weighted by molar-refractivity contribution is 0.100. The molecule has 8 heteroatoms. The molecule has 1 atom stereocenters. The normalized spacial score (nSPS) is 18.3. The number of nitrogens with zero attached hydrogens (tertiary/aromatic N) is 1. The number of carbonyl (C=O) groups excluding carboxylic acids is 2. The molecule has 5 N–H and O–H groups in total. The first kappa shape index (κ1) is 20.5. The largest absolute Gasteiger partial charge is 0.397 e. The molecule has 3 heterocycles. The van der Waals surface area contributed by atoms with E-state index in [1.165, 1.54) is 28.2 Å². The van der Waals surface area contributed by atoms with Gasteiger partial charge >= 0.3 is 0 Å². The van der Waals surface area contributed by atoms with Crippen molar-refractivity contribution in [1.82, 2.24) is 4.98 Å². The van der Waals surface area contributed by atoms with E-state index < -0.39 is 5.91 Å². The maximum atomic E-state index is 13.2. The Morgan fingerprint density at radius 1 is 1.16 bits per heavy atom. The maximum Gasteiger partial charge on any atom is 0.268 e. The molecule has 0 aliphatic heterocycles. The summed E-state index contributed by atoms with van der Waals surface area (Å²) in [5, 5.41) is 4.34. The quantitative estimate of drug-likeness (QED) is 0.499. The molecule has 5 rings (SSSR count). The molecule has 3 aromatic rings. The van der Waals surface area contributed by atoms with E-state index in [-0.39, 0.29) is 5.91 Å². The zero-order valence-corrected chi connectivity index (χ0v) is 19.2. The van der Waals surface area contributed by atoms with E-state index in [9.17, 15) is 9.59 Å². The molecule has 31 heavy (non-hydrogen) atoms. The summed E-state index contributed by atoms with van der Waals surface area (Å²) in [6.45, 7) is 2.25. The van der Waals surface area contributed by atoms with Gasteiger partial charge < -0.3 is 16.8 Å². The SMILES string of the molecule is CC1CCc2nc3sc(C(=O)Nc4sc5c(c4C(N)=O)CCCCC5)c(N)c3cc2C1. The predicted octanol–water partition coefficient (Wildman–Crippen LogP) is 4.68. The summed E-state index contributed by atoms with van der Waals surface area (Å²) < 4.78 is 0. The van der Waals surface area contributed by atoms with Gasteiger partial charge in [0.1, 0.15) is 14.7 Å². The van der Waals surface area contributed by atoms with Gasteiger partial charge in [-0.15, -0.1) is 22.7 Å². The molecule has 0 spiro atoms. The van der Waals surface area contributed by atoms with Gasteiger partial charge in [0.05, 0.1) is 11.3 Å². The number of anilines is 2. The number of amides is 2. The number of hydrogen-bond acceptors (Lipinski definition) is 6. The van der Waals surface area contributed by atoms with Crippen molar-refractivity contribution in [2.45, 2.75) is 58.3 Å². The summed E-state index contributed by atoms with van der Waals surface area (Å²) in [4.78, 5) is 32.6. The van der Waals surface area contributed by atoms with Gasteiger partial charge in [0.15, 0.2) is 0 Å². The first-order chi connectivity index (χ1) is 14.9. The molecule has 6 nitrogen and oxygen atoms in total. The fourth-order valence-corrected chi connectivity index (χ4v) is 7.07. The Morgan fingerprint density at radius 2 is 1.97 bits per heavy atom. The summed E-state index contributed by atoms with van der Waals surface area (Å²) >= 11 is 2.79. The van der Waals surface area contributed by atoms with Crippen molar-refractivity contribution in [3.8, 4) is 0 Å². The molecule has 2 aliphatic carbocycles. The Kier molecular flexibility index (Phi) is 5.22. The number of pyridine rings is 1. The summed E-state index contributed by atoms with van der Waals surface area (Å²) in [6, 6.07) is 2.11. The zero-order chi connectivity index (χ0) is 21.7. The number of hydrogen-bond donors (Lipinski definition) is 3.